The first-order valence-corrected chi connectivity index (χ1v) is 6.85. The van der Waals surface area contributed by atoms with Crippen LogP contribution in [0.15, 0.2) is 12.4 Å². The van der Waals surface area contributed by atoms with Gasteiger partial charge in [-0.2, -0.15) is 0 Å². The molecule has 1 N–H and O–H groups in total. The fraction of sp³-hybridized carbons (Fsp3) is 0.786. The van der Waals surface area contributed by atoms with Crippen molar-refractivity contribution in [2.24, 2.45) is 13.0 Å². The van der Waals surface area contributed by atoms with Gasteiger partial charge in [-0.1, -0.05) is 13.8 Å². The number of imidazole rings is 1. The average molecular weight is 253 g/mol. The summed E-state index contributed by atoms with van der Waals surface area (Å²) in [7, 11) is 3.82. The highest BCUT2D eigenvalue weighted by Crippen LogP contribution is 2.11. The van der Waals surface area contributed by atoms with E-state index in [-0.39, 0.29) is 0 Å². The highest BCUT2D eigenvalue weighted by Gasteiger charge is 2.15. The smallest absolute Gasteiger partial charge is 0.109 e. The van der Waals surface area contributed by atoms with Crippen LogP contribution < -0.4 is 5.32 Å². The van der Waals surface area contributed by atoms with Gasteiger partial charge in [0.05, 0.1) is 0 Å². The third-order valence-electron chi connectivity index (χ3n) is 3.17. The van der Waals surface area contributed by atoms with E-state index in [1.165, 1.54) is 0 Å². The molecule has 4 nitrogen and oxygen atoms in total. The summed E-state index contributed by atoms with van der Waals surface area (Å²) >= 11 is 0. The van der Waals surface area contributed by atoms with Crippen molar-refractivity contribution in [3.63, 3.8) is 0 Å². The Balaban J connectivity index is 2.52. The number of hydrogen-bond donors (Lipinski definition) is 1. The third kappa shape index (κ3) is 5.19. The SMILES string of the molecule is CCCNC(Cc1nccn1C)CC(C)COC. The summed E-state index contributed by atoms with van der Waals surface area (Å²) in [6, 6.07) is 0.483. The molecule has 1 rings (SSSR count). The van der Waals surface area contributed by atoms with Crippen molar-refractivity contribution in [1.82, 2.24) is 14.9 Å². The van der Waals surface area contributed by atoms with Crippen LogP contribution in [0.3, 0.4) is 0 Å². The number of ether oxygens (including phenoxy) is 1. The first-order chi connectivity index (χ1) is 8.67. The van der Waals surface area contributed by atoms with Crippen LogP contribution in [0.1, 0.15) is 32.5 Å². The maximum absolute atomic E-state index is 5.22. The van der Waals surface area contributed by atoms with Crippen LogP contribution in [0, 0.1) is 5.92 Å². The van der Waals surface area contributed by atoms with Gasteiger partial charge in [-0.3, -0.25) is 0 Å². The van der Waals surface area contributed by atoms with Gasteiger partial charge in [0.15, 0.2) is 0 Å². The molecule has 0 saturated heterocycles. The van der Waals surface area contributed by atoms with E-state index in [0.29, 0.717) is 12.0 Å². The molecule has 1 aromatic rings. The number of aryl methyl sites for hydroxylation is 1. The molecule has 0 spiro atoms. The lowest BCUT2D eigenvalue weighted by Gasteiger charge is -2.21. The van der Waals surface area contributed by atoms with Gasteiger partial charge in [0.1, 0.15) is 5.82 Å². The second-order valence-corrected chi connectivity index (χ2v) is 5.11. The molecular weight excluding hydrogens is 226 g/mol. The second kappa shape index (κ2) is 8.27. The number of nitrogens with zero attached hydrogens (tertiary/aromatic N) is 2. The molecule has 1 aromatic heterocycles. The predicted octanol–water partition coefficient (Wildman–Crippen LogP) is 2.00. The Morgan fingerprint density at radius 2 is 2.28 bits per heavy atom. The summed E-state index contributed by atoms with van der Waals surface area (Å²) in [4.78, 5) is 4.41. The van der Waals surface area contributed by atoms with E-state index in [1.54, 1.807) is 7.11 Å². The van der Waals surface area contributed by atoms with Crippen molar-refractivity contribution in [2.45, 2.75) is 39.2 Å². The topological polar surface area (TPSA) is 39.1 Å². The van der Waals surface area contributed by atoms with Gasteiger partial charge < -0.3 is 14.6 Å². The molecule has 1 heterocycles. The zero-order valence-corrected chi connectivity index (χ0v) is 12.1. The van der Waals surface area contributed by atoms with Crippen molar-refractivity contribution < 1.29 is 4.74 Å². The Bertz CT molecular complexity index is 325. The number of methoxy groups -OCH3 is 1. The zero-order chi connectivity index (χ0) is 13.4. The fourth-order valence-electron chi connectivity index (χ4n) is 2.24. The summed E-state index contributed by atoms with van der Waals surface area (Å²) in [5.74, 6) is 1.72. The van der Waals surface area contributed by atoms with E-state index in [1.807, 2.05) is 12.4 Å². The van der Waals surface area contributed by atoms with Gasteiger partial charge in [-0.25, -0.2) is 4.98 Å². The molecule has 104 valence electrons. The van der Waals surface area contributed by atoms with Gasteiger partial charge in [-0.05, 0) is 25.3 Å². The predicted molar refractivity (Wildman–Crippen MR) is 74.7 cm³/mol. The van der Waals surface area contributed by atoms with Crippen LogP contribution in [0.2, 0.25) is 0 Å². The molecule has 0 radical (unpaired) electrons. The minimum atomic E-state index is 0.483. The van der Waals surface area contributed by atoms with Crippen molar-refractivity contribution in [3.05, 3.63) is 18.2 Å². The average Bonchev–Trinajstić information content (AvgIpc) is 2.72. The number of hydrogen-bond acceptors (Lipinski definition) is 3. The summed E-state index contributed by atoms with van der Waals surface area (Å²) in [6.45, 7) is 6.33. The first kappa shape index (κ1) is 15.2. The van der Waals surface area contributed by atoms with Gasteiger partial charge in [0.2, 0.25) is 0 Å². The minimum Gasteiger partial charge on any atom is -0.384 e. The van der Waals surface area contributed by atoms with Gasteiger partial charge in [0, 0.05) is 45.6 Å². The van der Waals surface area contributed by atoms with E-state index in [2.05, 4.69) is 35.8 Å². The molecule has 18 heavy (non-hydrogen) atoms. The number of rotatable bonds is 9. The zero-order valence-electron chi connectivity index (χ0n) is 12.1. The van der Waals surface area contributed by atoms with Crippen LogP contribution in [0.5, 0.6) is 0 Å². The highest BCUT2D eigenvalue weighted by molar-refractivity contribution is 4.94. The highest BCUT2D eigenvalue weighted by atomic mass is 16.5. The molecule has 0 saturated carbocycles. The normalized spacial score (nSPS) is 14.7. The van der Waals surface area contributed by atoms with Crippen LogP contribution in [0.25, 0.3) is 0 Å². The van der Waals surface area contributed by atoms with Crippen LogP contribution in [0.4, 0.5) is 0 Å². The molecular formula is C14H27N3O. The molecule has 0 amide bonds. The Labute approximate surface area is 111 Å². The van der Waals surface area contributed by atoms with E-state index in [4.69, 9.17) is 4.74 Å². The monoisotopic (exact) mass is 253 g/mol. The van der Waals surface area contributed by atoms with Crippen LogP contribution in [-0.4, -0.2) is 35.9 Å². The van der Waals surface area contributed by atoms with E-state index >= 15 is 0 Å². The lowest BCUT2D eigenvalue weighted by Crippen LogP contribution is -2.34. The standard InChI is InChI=1S/C14H27N3O/c1-5-6-15-13(9-12(2)11-18-4)10-14-16-7-8-17(14)3/h7-8,12-13,15H,5-6,9-11H2,1-4H3. The van der Waals surface area contributed by atoms with Crippen molar-refractivity contribution in [3.8, 4) is 0 Å². The van der Waals surface area contributed by atoms with Gasteiger partial charge >= 0.3 is 0 Å². The lowest BCUT2D eigenvalue weighted by molar-refractivity contribution is 0.149. The van der Waals surface area contributed by atoms with Gasteiger partial charge in [0.25, 0.3) is 0 Å². The maximum atomic E-state index is 5.22. The quantitative estimate of drug-likeness (QED) is 0.731. The Hall–Kier alpha value is -0.870. The fourth-order valence-corrected chi connectivity index (χ4v) is 2.24. The number of nitrogens with one attached hydrogen (secondary N) is 1. The summed E-state index contributed by atoms with van der Waals surface area (Å²) < 4.78 is 7.32. The largest absolute Gasteiger partial charge is 0.384 e. The molecule has 0 aromatic carbocycles. The summed E-state index contributed by atoms with van der Waals surface area (Å²) in [6.07, 6.45) is 7.14. The Morgan fingerprint density at radius 3 is 2.83 bits per heavy atom. The maximum Gasteiger partial charge on any atom is 0.109 e. The van der Waals surface area contributed by atoms with Gasteiger partial charge in [-0.15, -0.1) is 0 Å². The van der Waals surface area contributed by atoms with Crippen LogP contribution >= 0.6 is 0 Å². The minimum absolute atomic E-state index is 0.483. The second-order valence-electron chi connectivity index (χ2n) is 5.11. The molecule has 0 aliphatic rings. The van der Waals surface area contributed by atoms with E-state index < -0.39 is 0 Å². The van der Waals surface area contributed by atoms with E-state index in [0.717, 1.165) is 38.2 Å². The van der Waals surface area contributed by atoms with Crippen molar-refractivity contribution >= 4 is 0 Å². The van der Waals surface area contributed by atoms with E-state index in [9.17, 15) is 0 Å². The molecule has 0 bridgehead atoms. The Morgan fingerprint density at radius 1 is 1.50 bits per heavy atom. The molecule has 4 heteroatoms. The molecule has 0 aliphatic heterocycles. The molecule has 2 unspecified atom stereocenters. The van der Waals surface area contributed by atoms with Crippen molar-refractivity contribution in [1.29, 1.82) is 0 Å². The third-order valence-corrected chi connectivity index (χ3v) is 3.17. The van der Waals surface area contributed by atoms with Crippen LogP contribution in [-0.2, 0) is 18.2 Å². The number of aromatic nitrogens is 2. The molecule has 0 fully saturated rings. The summed E-state index contributed by atoms with van der Waals surface area (Å²) in [5, 5.41) is 3.62. The first-order valence-electron chi connectivity index (χ1n) is 6.85. The molecule has 2 atom stereocenters. The summed E-state index contributed by atoms with van der Waals surface area (Å²) in [5.41, 5.74) is 0. The van der Waals surface area contributed by atoms with Crippen molar-refractivity contribution in [2.75, 3.05) is 20.3 Å². The molecule has 0 aliphatic carbocycles. The Kier molecular flexibility index (Phi) is 6.98. The lowest BCUT2D eigenvalue weighted by atomic mass is 9.99.